The van der Waals surface area contributed by atoms with E-state index in [1.54, 1.807) is 0 Å². The minimum absolute atomic E-state index is 0.0883. The molecule has 0 aromatic heterocycles. The monoisotopic (exact) mass is 189 g/mol. The molecule has 70 valence electrons. The maximum atomic E-state index is 11.3. The van der Waals surface area contributed by atoms with E-state index < -0.39 is 0 Å². The van der Waals surface area contributed by atoms with E-state index in [4.69, 9.17) is 11.6 Å². The molecule has 0 spiro atoms. The minimum atomic E-state index is 0.0883. The highest BCUT2D eigenvalue weighted by atomic mass is 35.5. The van der Waals surface area contributed by atoms with Gasteiger partial charge in [-0.3, -0.25) is 4.79 Å². The quantitative estimate of drug-likeness (QED) is 0.577. The second kappa shape index (κ2) is 4.70. The Hall–Kier alpha value is -0.240. The Balaban J connectivity index is 2.46. The molecular formula is C9H16ClNO. The van der Waals surface area contributed by atoms with Gasteiger partial charge in [-0.2, -0.15) is 0 Å². The third-order valence-electron chi connectivity index (χ3n) is 2.37. The lowest BCUT2D eigenvalue weighted by Gasteiger charge is -2.21. The van der Waals surface area contributed by atoms with Crippen molar-refractivity contribution in [3.63, 3.8) is 0 Å². The van der Waals surface area contributed by atoms with Crippen molar-refractivity contribution in [1.29, 1.82) is 0 Å². The van der Waals surface area contributed by atoms with Gasteiger partial charge in [-0.25, -0.2) is 0 Å². The van der Waals surface area contributed by atoms with Crippen molar-refractivity contribution in [2.45, 2.75) is 26.2 Å². The van der Waals surface area contributed by atoms with E-state index in [0.717, 1.165) is 19.5 Å². The average Bonchev–Trinajstić information content (AvgIpc) is 2.28. The van der Waals surface area contributed by atoms with Crippen molar-refractivity contribution in [3.8, 4) is 0 Å². The smallest absolute Gasteiger partial charge is 0.237 e. The number of hydrogen-bond acceptors (Lipinski definition) is 1. The molecule has 1 atom stereocenters. The Morgan fingerprint density at radius 2 is 2.33 bits per heavy atom. The van der Waals surface area contributed by atoms with Gasteiger partial charge in [0.25, 0.3) is 0 Å². The number of amides is 1. The van der Waals surface area contributed by atoms with Crippen LogP contribution in [0.25, 0.3) is 0 Å². The summed E-state index contributed by atoms with van der Waals surface area (Å²) in [6, 6.07) is 0. The molecule has 1 saturated heterocycles. The summed E-state index contributed by atoms with van der Waals surface area (Å²) in [5, 5.41) is 0. The third kappa shape index (κ3) is 2.67. The zero-order chi connectivity index (χ0) is 8.97. The summed E-state index contributed by atoms with van der Waals surface area (Å²) in [5.41, 5.74) is 0. The largest absolute Gasteiger partial charge is 0.341 e. The number of hydrogen-bond donors (Lipinski definition) is 0. The molecule has 0 radical (unpaired) electrons. The number of alkyl halides is 1. The predicted octanol–water partition coefficient (Wildman–Crippen LogP) is 1.87. The van der Waals surface area contributed by atoms with Crippen molar-refractivity contribution in [1.82, 2.24) is 4.90 Å². The third-order valence-corrected chi connectivity index (χ3v) is 2.60. The highest BCUT2D eigenvalue weighted by Gasteiger charge is 2.17. The Morgan fingerprint density at radius 3 is 3.00 bits per heavy atom. The molecule has 0 saturated carbocycles. The van der Waals surface area contributed by atoms with Gasteiger partial charge in [-0.05, 0) is 18.8 Å². The molecule has 0 aliphatic carbocycles. The highest BCUT2D eigenvalue weighted by Crippen LogP contribution is 2.15. The van der Waals surface area contributed by atoms with Gasteiger partial charge >= 0.3 is 0 Å². The van der Waals surface area contributed by atoms with E-state index >= 15 is 0 Å². The zero-order valence-electron chi connectivity index (χ0n) is 7.55. The summed E-state index contributed by atoms with van der Waals surface area (Å²) in [5.74, 6) is 0.859. The van der Waals surface area contributed by atoms with Gasteiger partial charge in [0.15, 0.2) is 0 Å². The van der Waals surface area contributed by atoms with Crippen LogP contribution in [0.1, 0.15) is 26.2 Å². The first kappa shape index (κ1) is 9.85. The molecule has 2 nitrogen and oxygen atoms in total. The van der Waals surface area contributed by atoms with Crippen LogP contribution in [0.3, 0.4) is 0 Å². The summed E-state index contributed by atoms with van der Waals surface area (Å²) >= 11 is 5.50. The molecule has 0 bridgehead atoms. The van der Waals surface area contributed by atoms with Gasteiger partial charge in [-0.1, -0.05) is 13.3 Å². The Bertz CT molecular complexity index is 161. The van der Waals surface area contributed by atoms with Crippen molar-refractivity contribution in [2.75, 3.05) is 19.0 Å². The molecule has 1 aliphatic heterocycles. The van der Waals surface area contributed by atoms with E-state index in [0.29, 0.717) is 5.92 Å². The molecule has 1 aliphatic rings. The SMILES string of the molecule is CC1CCCCN(C(=O)CCl)C1. The lowest BCUT2D eigenvalue weighted by atomic mass is 10.1. The van der Waals surface area contributed by atoms with E-state index in [1.165, 1.54) is 12.8 Å². The zero-order valence-corrected chi connectivity index (χ0v) is 8.31. The molecule has 0 aromatic rings. The molecule has 3 heteroatoms. The van der Waals surface area contributed by atoms with Crippen molar-refractivity contribution >= 4 is 17.5 Å². The second-order valence-corrected chi connectivity index (χ2v) is 3.84. The maximum absolute atomic E-state index is 11.3. The summed E-state index contributed by atoms with van der Waals surface area (Å²) in [4.78, 5) is 13.2. The fraction of sp³-hybridized carbons (Fsp3) is 0.889. The highest BCUT2D eigenvalue weighted by molar-refractivity contribution is 6.27. The van der Waals surface area contributed by atoms with Gasteiger partial charge in [0.05, 0.1) is 0 Å². The number of carbonyl (C=O) groups is 1. The van der Waals surface area contributed by atoms with Crippen LogP contribution in [-0.2, 0) is 4.79 Å². The normalized spacial score (nSPS) is 25.2. The minimum Gasteiger partial charge on any atom is -0.341 e. The molecule has 1 rings (SSSR count). The van der Waals surface area contributed by atoms with Gasteiger partial charge in [-0.15, -0.1) is 11.6 Å². The summed E-state index contributed by atoms with van der Waals surface area (Å²) < 4.78 is 0. The van der Waals surface area contributed by atoms with Crippen LogP contribution < -0.4 is 0 Å². The first-order valence-corrected chi connectivity index (χ1v) is 5.11. The van der Waals surface area contributed by atoms with Gasteiger partial charge in [0.1, 0.15) is 5.88 Å². The lowest BCUT2D eigenvalue weighted by Crippen LogP contribution is -2.34. The molecule has 12 heavy (non-hydrogen) atoms. The van der Waals surface area contributed by atoms with Gasteiger partial charge < -0.3 is 4.90 Å². The number of carbonyl (C=O) groups excluding carboxylic acids is 1. The second-order valence-electron chi connectivity index (χ2n) is 3.57. The van der Waals surface area contributed by atoms with Crippen LogP contribution in [0.4, 0.5) is 0 Å². The topological polar surface area (TPSA) is 20.3 Å². The first-order valence-electron chi connectivity index (χ1n) is 4.57. The van der Waals surface area contributed by atoms with Crippen LogP contribution in [0, 0.1) is 5.92 Å². The average molecular weight is 190 g/mol. The number of likely N-dealkylation sites (tertiary alicyclic amines) is 1. The summed E-state index contributed by atoms with van der Waals surface area (Å²) in [6.07, 6.45) is 3.62. The molecular weight excluding hydrogens is 174 g/mol. The molecule has 0 aromatic carbocycles. The molecule has 1 heterocycles. The molecule has 0 N–H and O–H groups in total. The number of halogens is 1. The van der Waals surface area contributed by atoms with Crippen molar-refractivity contribution in [2.24, 2.45) is 5.92 Å². The van der Waals surface area contributed by atoms with E-state index in [-0.39, 0.29) is 11.8 Å². The van der Waals surface area contributed by atoms with E-state index in [9.17, 15) is 4.79 Å². The van der Waals surface area contributed by atoms with Crippen LogP contribution >= 0.6 is 11.6 Å². The van der Waals surface area contributed by atoms with Crippen LogP contribution in [-0.4, -0.2) is 29.8 Å². The van der Waals surface area contributed by atoms with Crippen LogP contribution in [0.5, 0.6) is 0 Å². The van der Waals surface area contributed by atoms with Crippen LogP contribution in [0.15, 0.2) is 0 Å². The summed E-state index contributed by atoms with van der Waals surface area (Å²) in [6.45, 7) is 3.99. The Kier molecular flexibility index (Phi) is 3.86. The fourth-order valence-corrected chi connectivity index (χ4v) is 1.83. The van der Waals surface area contributed by atoms with Crippen molar-refractivity contribution < 1.29 is 4.79 Å². The first-order chi connectivity index (χ1) is 5.74. The Labute approximate surface area is 78.9 Å². The molecule has 1 unspecified atom stereocenters. The van der Waals surface area contributed by atoms with Crippen LogP contribution in [0.2, 0.25) is 0 Å². The standard InChI is InChI=1S/C9H16ClNO/c1-8-4-2-3-5-11(7-8)9(12)6-10/h8H,2-7H2,1H3. The summed E-state index contributed by atoms with van der Waals surface area (Å²) in [7, 11) is 0. The predicted molar refractivity (Wildman–Crippen MR) is 50.3 cm³/mol. The van der Waals surface area contributed by atoms with Crippen molar-refractivity contribution in [3.05, 3.63) is 0 Å². The van der Waals surface area contributed by atoms with E-state index in [1.807, 2.05) is 4.90 Å². The molecule has 1 amide bonds. The van der Waals surface area contributed by atoms with Gasteiger partial charge in [0.2, 0.25) is 5.91 Å². The lowest BCUT2D eigenvalue weighted by molar-refractivity contribution is -0.128. The fourth-order valence-electron chi connectivity index (χ4n) is 1.67. The number of nitrogens with zero attached hydrogens (tertiary/aromatic N) is 1. The molecule has 1 fully saturated rings. The van der Waals surface area contributed by atoms with E-state index in [2.05, 4.69) is 6.92 Å². The number of rotatable bonds is 1. The Morgan fingerprint density at radius 1 is 1.58 bits per heavy atom. The maximum Gasteiger partial charge on any atom is 0.237 e. The van der Waals surface area contributed by atoms with Gasteiger partial charge in [0, 0.05) is 13.1 Å².